The van der Waals surface area contributed by atoms with Crippen molar-refractivity contribution in [3.05, 3.63) is 59.7 Å². The second kappa shape index (κ2) is 5.91. The van der Waals surface area contributed by atoms with Crippen LogP contribution in [0.1, 0.15) is 15.9 Å². The summed E-state index contributed by atoms with van der Waals surface area (Å²) < 4.78 is 0. The first-order chi connectivity index (χ1) is 9.16. The molecule has 0 unspecified atom stereocenters. The highest BCUT2D eigenvalue weighted by atomic mass is 16.1. The Morgan fingerprint density at radius 1 is 1.11 bits per heavy atom. The van der Waals surface area contributed by atoms with Crippen molar-refractivity contribution in [2.75, 3.05) is 17.6 Å². The van der Waals surface area contributed by atoms with Crippen molar-refractivity contribution in [2.24, 2.45) is 5.73 Å². The number of anilines is 2. The third-order valence-corrected chi connectivity index (χ3v) is 2.88. The minimum Gasteiger partial charge on any atom is -0.399 e. The summed E-state index contributed by atoms with van der Waals surface area (Å²) in [6.07, 6.45) is 0.878. The number of amides is 1. The van der Waals surface area contributed by atoms with Gasteiger partial charge in [0.15, 0.2) is 0 Å². The Kier molecular flexibility index (Phi) is 4.03. The maximum Gasteiger partial charge on any atom is 0.250 e. The van der Waals surface area contributed by atoms with E-state index in [1.165, 1.54) is 5.56 Å². The molecule has 0 aromatic heterocycles. The zero-order chi connectivity index (χ0) is 13.7. The van der Waals surface area contributed by atoms with Crippen molar-refractivity contribution in [3.63, 3.8) is 0 Å². The third kappa shape index (κ3) is 3.48. The molecule has 0 aliphatic heterocycles. The summed E-state index contributed by atoms with van der Waals surface area (Å²) in [7, 11) is 0. The Morgan fingerprint density at radius 3 is 2.53 bits per heavy atom. The van der Waals surface area contributed by atoms with Crippen LogP contribution in [-0.4, -0.2) is 12.5 Å². The van der Waals surface area contributed by atoms with E-state index in [-0.39, 0.29) is 0 Å². The molecule has 0 aliphatic carbocycles. The van der Waals surface area contributed by atoms with Crippen LogP contribution in [-0.2, 0) is 6.42 Å². The monoisotopic (exact) mass is 255 g/mol. The molecule has 0 bridgehead atoms. The lowest BCUT2D eigenvalue weighted by molar-refractivity contribution is 0.100. The average molecular weight is 255 g/mol. The Balaban J connectivity index is 2.02. The Hall–Kier alpha value is -2.49. The first-order valence-corrected chi connectivity index (χ1v) is 6.14. The molecule has 19 heavy (non-hydrogen) atoms. The molecule has 4 heteroatoms. The van der Waals surface area contributed by atoms with Crippen molar-refractivity contribution >= 4 is 17.3 Å². The largest absolute Gasteiger partial charge is 0.399 e. The van der Waals surface area contributed by atoms with Gasteiger partial charge in [-0.25, -0.2) is 0 Å². The minimum atomic E-state index is -0.477. The standard InChI is InChI=1S/C15H17N3O/c16-12-6-7-14(13(10-12)15(17)19)18-9-8-11-4-2-1-3-5-11/h1-7,10,18H,8-9,16H2,(H2,17,19). The number of carbonyl (C=O) groups excluding carboxylic acids is 1. The molecule has 2 aromatic rings. The van der Waals surface area contributed by atoms with Gasteiger partial charge in [0.2, 0.25) is 0 Å². The molecular weight excluding hydrogens is 238 g/mol. The van der Waals surface area contributed by atoms with Crippen LogP contribution in [0.25, 0.3) is 0 Å². The lowest BCUT2D eigenvalue weighted by atomic mass is 10.1. The van der Waals surface area contributed by atoms with Crippen LogP contribution in [0.15, 0.2) is 48.5 Å². The molecule has 4 nitrogen and oxygen atoms in total. The van der Waals surface area contributed by atoms with Gasteiger partial charge in [-0.15, -0.1) is 0 Å². The van der Waals surface area contributed by atoms with E-state index in [0.29, 0.717) is 11.3 Å². The van der Waals surface area contributed by atoms with Crippen molar-refractivity contribution < 1.29 is 4.79 Å². The molecule has 0 aliphatic rings. The van der Waals surface area contributed by atoms with E-state index in [4.69, 9.17) is 11.5 Å². The number of rotatable bonds is 5. The van der Waals surface area contributed by atoms with Crippen molar-refractivity contribution in [3.8, 4) is 0 Å². The lowest BCUT2D eigenvalue weighted by Crippen LogP contribution is -2.16. The number of nitrogens with one attached hydrogen (secondary N) is 1. The molecule has 2 rings (SSSR count). The second-order valence-electron chi connectivity index (χ2n) is 4.33. The molecule has 0 saturated heterocycles. The maximum absolute atomic E-state index is 11.3. The van der Waals surface area contributed by atoms with Gasteiger partial charge in [0.25, 0.3) is 5.91 Å². The number of nitrogen functional groups attached to an aromatic ring is 1. The lowest BCUT2D eigenvalue weighted by Gasteiger charge is -2.10. The SMILES string of the molecule is NC(=O)c1cc(N)ccc1NCCc1ccccc1. The summed E-state index contributed by atoms with van der Waals surface area (Å²) >= 11 is 0. The summed E-state index contributed by atoms with van der Waals surface area (Å²) in [6, 6.07) is 15.3. The van der Waals surface area contributed by atoms with E-state index in [9.17, 15) is 4.79 Å². The van der Waals surface area contributed by atoms with Gasteiger partial charge in [-0.3, -0.25) is 4.79 Å². The summed E-state index contributed by atoms with van der Waals surface area (Å²) in [6.45, 7) is 0.730. The molecule has 0 radical (unpaired) electrons. The van der Waals surface area contributed by atoms with E-state index < -0.39 is 5.91 Å². The van der Waals surface area contributed by atoms with Gasteiger partial charge >= 0.3 is 0 Å². The van der Waals surface area contributed by atoms with Gasteiger partial charge in [0, 0.05) is 17.9 Å². The smallest absolute Gasteiger partial charge is 0.250 e. The van der Waals surface area contributed by atoms with E-state index in [2.05, 4.69) is 17.4 Å². The fourth-order valence-corrected chi connectivity index (χ4v) is 1.91. The van der Waals surface area contributed by atoms with Crippen molar-refractivity contribution in [1.29, 1.82) is 0 Å². The summed E-state index contributed by atoms with van der Waals surface area (Å²) in [5.41, 5.74) is 13.9. The number of nitrogens with two attached hydrogens (primary N) is 2. The van der Waals surface area contributed by atoms with E-state index in [0.717, 1.165) is 18.7 Å². The molecular formula is C15H17N3O. The molecule has 0 heterocycles. The van der Waals surface area contributed by atoms with Crippen LogP contribution in [0.2, 0.25) is 0 Å². The highest BCUT2D eigenvalue weighted by Gasteiger charge is 2.07. The molecule has 0 spiro atoms. The molecule has 5 N–H and O–H groups in total. The summed E-state index contributed by atoms with van der Waals surface area (Å²) in [5.74, 6) is -0.477. The number of hydrogen-bond acceptors (Lipinski definition) is 3. The van der Waals surface area contributed by atoms with Gasteiger partial charge in [-0.05, 0) is 30.2 Å². The van der Waals surface area contributed by atoms with Gasteiger partial charge in [0.05, 0.1) is 5.56 Å². The van der Waals surface area contributed by atoms with Gasteiger partial charge < -0.3 is 16.8 Å². The first kappa shape index (κ1) is 13.0. The third-order valence-electron chi connectivity index (χ3n) is 2.88. The van der Waals surface area contributed by atoms with Crippen LogP contribution in [0.4, 0.5) is 11.4 Å². The van der Waals surface area contributed by atoms with Gasteiger partial charge in [0.1, 0.15) is 0 Å². The van der Waals surface area contributed by atoms with Crippen molar-refractivity contribution in [1.82, 2.24) is 0 Å². The van der Waals surface area contributed by atoms with E-state index in [1.54, 1.807) is 18.2 Å². The van der Waals surface area contributed by atoms with Crippen LogP contribution in [0, 0.1) is 0 Å². The Bertz CT molecular complexity index is 567. The van der Waals surface area contributed by atoms with Gasteiger partial charge in [-0.2, -0.15) is 0 Å². The molecule has 1 amide bonds. The number of hydrogen-bond donors (Lipinski definition) is 3. The molecule has 0 fully saturated rings. The highest BCUT2D eigenvalue weighted by Crippen LogP contribution is 2.18. The van der Waals surface area contributed by atoms with Crippen LogP contribution < -0.4 is 16.8 Å². The van der Waals surface area contributed by atoms with E-state index in [1.807, 2.05) is 18.2 Å². The van der Waals surface area contributed by atoms with Crippen LogP contribution in [0.5, 0.6) is 0 Å². The van der Waals surface area contributed by atoms with E-state index >= 15 is 0 Å². The first-order valence-electron chi connectivity index (χ1n) is 6.14. The fourth-order valence-electron chi connectivity index (χ4n) is 1.91. The topological polar surface area (TPSA) is 81.1 Å². The van der Waals surface area contributed by atoms with Crippen LogP contribution >= 0.6 is 0 Å². The quantitative estimate of drug-likeness (QED) is 0.715. The van der Waals surface area contributed by atoms with Crippen LogP contribution in [0.3, 0.4) is 0 Å². The highest BCUT2D eigenvalue weighted by molar-refractivity contribution is 5.99. The zero-order valence-electron chi connectivity index (χ0n) is 10.6. The summed E-state index contributed by atoms with van der Waals surface area (Å²) in [4.78, 5) is 11.3. The fraction of sp³-hybridized carbons (Fsp3) is 0.133. The molecule has 2 aromatic carbocycles. The zero-order valence-corrected chi connectivity index (χ0v) is 10.6. The second-order valence-corrected chi connectivity index (χ2v) is 4.33. The minimum absolute atomic E-state index is 0.424. The molecule has 0 saturated carbocycles. The van der Waals surface area contributed by atoms with Gasteiger partial charge in [-0.1, -0.05) is 30.3 Å². The number of benzene rings is 2. The summed E-state index contributed by atoms with van der Waals surface area (Å²) in [5, 5.41) is 3.21. The number of carbonyl (C=O) groups is 1. The Labute approximate surface area is 112 Å². The number of primary amides is 1. The maximum atomic E-state index is 11.3. The normalized spacial score (nSPS) is 10.1. The van der Waals surface area contributed by atoms with Crippen molar-refractivity contribution in [2.45, 2.75) is 6.42 Å². The predicted octanol–water partition coefficient (Wildman–Crippen LogP) is 2.02. The predicted molar refractivity (Wildman–Crippen MR) is 78.0 cm³/mol. The average Bonchev–Trinajstić information content (AvgIpc) is 2.41. The molecule has 0 atom stereocenters. The Morgan fingerprint density at radius 2 is 1.84 bits per heavy atom. The molecule has 98 valence electrons.